The number of hydrogen-bond donors (Lipinski definition) is 2. The maximum Gasteiger partial charge on any atom is 0.337 e. The Labute approximate surface area is 168 Å². The van der Waals surface area contributed by atoms with Crippen molar-refractivity contribution in [3.05, 3.63) is 76.1 Å². The molecule has 3 rings (SSSR count). The molecule has 0 bridgehead atoms. The summed E-state index contributed by atoms with van der Waals surface area (Å²) in [5.74, 6) is -0.276. The molecule has 28 heavy (non-hydrogen) atoms. The van der Waals surface area contributed by atoms with Gasteiger partial charge in [0.1, 0.15) is 5.75 Å². The van der Waals surface area contributed by atoms with Crippen LogP contribution < -0.4 is 10.2 Å². The van der Waals surface area contributed by atoms with E-state index in [9.17, 15) is 4.79 Å². The van der Waals surface area contributed by atoms with Gasteiger partial charge in [-0.25, -0.2) is 4.79 Å². The minimum absolute atomic E-state index is 0.0274. The molecule has 0 atom stereocenters. The Morgan fingerprint density at radius 2 is 1.89 bits per heavy atom. The zero-order valence-corrected chi connectivity index (χ0v) is 16.5. The van der Waals surface area contributed by atoms with Gasteiger partial charge in [0.2, 0.25) is 0 Å². The highest BCUT2D eigenvalue weighted by molar-refractivity contribution is 6.33. The Kier molecular flexibility index (Phi) is 5.70. The van der Waals surface area contributed by atoms with E-state index in [0.29, 0.717) is 5.69 Å². The molecule has 7 heteroatoms. The van der Waals surface area contributed by atoms with E-state index in [0.717, 1.165) is 28.4 Å². The van der Waals surface area contributed by atoms with Crippen LogP contribution in [0.1, 0.15) is 27.3 Å². The third kappa shape index (κ3) is 4.02. The number of aromatic carboxylic acids is 1. The highest BCUT2D eigenvalue weighted by Crippen LogP contribution is 2.23. The van der Waals surface area contributed by atoms with Gasteiger partial charge in [-0.2, -0.15) is 5.10 Å². The molecule has 0 aliphatic carbocycles. The zero-order chi connectivity index (χ0) is 20.3. The fourth-order valence-corrected chi connectivity index (χ4v) is 3.18. The van der Waals surface area contributed by atoms with E-state index in [1.165, 1.54) is 12.1 Å². The van der Waals surface area contributed by atoms with Gasteiger partial charge in [0.05, 0.1) is 29.6 Å². The van der Waals surface area contributed by atoms with E-state index >= 15 is 0 Å². The van der Waals surface area contributed by atoms with E-state index in [4.69, 9.17) is 21.4 Å². The summed E-state index contributed by atoms with van der Waals surface area (Å²) in [5.41, 5.74) is 7.52. The fourth-order valence-electron chi connectivity index (χ4n) is 2.98. The van der Waals surface area contributed by atoms with Crippen LogP contribution in [0.15, 0.2) is 53.6 Å². The van der Waals surface area contributed by atoms with Crippen LogP contribution in [0, 0.1) is 13.8 Å². The van der Waals surface area contributed by atoms with Crippen molar-refractivity contribution >= 4 is 29.5 Å². The number of carboxylic acids is 1. The Morgan fingerprint density at radius 1 is 1.18 bits per heavy atom. The Bertz CT molecular complexity index is 1040. The topological polar surface area (TPSA) is 75.8 Å². The molecule has 144 valence electrons. The van der Waals surface area contributed by atoms with E-state index in [-0.39, 0.29) is 10.6 Å². The van der Waals surface area contributed by atoms with Gasteiger partial charge in [-0.05, 0) is 62.4 Å². The summed E-state index contributed by atoms with van der Waals surface area (Å²) in [6.07, 6.45) is 1.71. The van der Waals surface area contributed by atoms with Crippen LogP contribution in [0.4, 0.5) is 5.69 Å². The average molecular weight is 398 g/mol. The molecule has 1 aromatic heterocycles. The number of hydrogen-bond acceptors (Lipinski definition) is 4. The molecule has 2 N–H and O–H groups in total. The number of nitrogens with zero attached hydrogens (tertiary/aromatic N) is 2. The van der Waals surface area contributed by atoms with Crippen LogP contribution in [-0.4, -0.2) is 29.0 Å². The normalized spacial score (nSPS) is 11.0. The standard InChI is InChI=1S/C21H20ClN3O3/c1-13-10-15(14(2)25(13)17-5-7-18(28-3)8-6-17)12-23-24-16-4-9-20(22)19(11-16)21(26)27/h4-12,24H,1-3H3,(H,26,27)/b23-12+. The van der Waals surface area contributed by atoms with Gasteiger partial charge in [-0.3, -0.25) is 5.43 Å². The smallest absolute Gasteiger partial charge is 0.337 e. The van der Waals surface area contributed by atoms with Crippen LogP contribution in [0.25, 0.3) is 5.69 Å². The summed E-state index contributed by atoms with van der Waals surface area (Å²) in [6, 6.07) is 14.5. The lowest BCUT2D eigenvalue weighted by Gasteiger charge is -2.10. The number of anilines is 1. The van der Waals surface area contributed by atoms with Crippen molar-refractivity contribution in [3.63, 3.8) is 0 Å². The first-order valence-corrected chi connectivity index (χ1v) is 8.94. The van der Waals surface area contributed by atoms with Crippen LogP contribution >= 0.6 is 11.6 Å². The predicted molar refractivity (Wildman–Crippen MR) is 111 cm³/mol. The van der Waals surface area contributed by atoms with E-state index in [2.05, 4.69) is 15.1 Å². The summed E-state index contributed by atoms with van der Waals surface area (Å²) < 4.78 is 7.34. The van der Waals surface area contributed by atoms with Gasteiger partial charge < -0.3 is 14.4 Å². The number of carbonyl (C=O) groups is 1. The molecule has 3 aromatic rings. The molecule has 2 aromatic carbocycles. The molecule has 0 saturated heterocycles. The number of benzene rings is 2. The first kappa shape index (κ1) is 19.5. The third-order valence-corrected chi connectivity index (χ3v) is 4.72. The summed E-state index contributed by atoms with van der Waals surface area (Å²) >= 11 is 5.88. The SMILES string of the molecule is COc1ccc(-n2c(C)cc(/C=N/Nc3ccc(Cl)c(C(=O)O)c3)c2C)cc1. The summed E-state index contributed by atoms with van der Waals surface area (Å²) in [6.45, 7) is 4.05. The quantitative estimate of drug-likeness (QED) is 0.458. The third-order valence-electron chi connectivity index (χ3n) is 4.39. The highest BCUT2D eigenvalue weighted by Gasteiger charge is 2.11. The van der Waals surface area contributed by atoms with Gasteiger partial charge in [-0.15, -0.1) is 0 Å². The monoisotopic (exact) mass is 397 g/mol. The predicted octanol–water partition coefficient (Wildman–Crippen LogP) is 4.90. The molecule has 0 aliphatic heterocycles. The Balaban J connectivity index is 1.81. The van der Waals surface area contributed by atoms with Gasteiger partial charge in [0.25, 0.3) is 0 Å². The zero-order valence-electron chi connectivity index (χ0n) is 15.7. The molecule has 0 aliphatic rings. The number of rotatable bonds is 6. The number of nitrogens with one attached hydrogen (secondary N) is 1. The number of ether oxygens (including phenoxy) is 1. The molecule has 0 saturated carbocycles. The number of aromatic nitrogens is 1. The molecule has 6 nitrogen and oxygen atoms in total. The van der Waals surface area contributed by atoms with Crippen molar-refractivity contribution in [1.82, 2.24) is 4.57 Å². The second-order valence-electron chi connectivity index (χ2n) is 6.23. The molecule has 0 radical (unpaired) electrons. The second-order valence-corrected chi connectivity index (χ2v) is 6.64. The van der Waals surface area contributed by atoms with Crippen molar-refractivity contribution in [2.45, 2.75) is 13.8 Å². The average Bonchev–Trinajstić information content (AvgIpc) is 2.96. The Hall–Kier alpha value is -3.25. The van der Waals surface area contributed by atoms with Crippen LogP contribution in [-0.2, 0) is 0 Å². The number of hydrazone groups is 1. The van der Waals surface area contributed by atoms with E-state index < -0.39 is 5.97 Å². The lowest BCUT2D eigenvalue weighted by atomic mass is 10.2. The molecule has 0 amide bonds. The van der Waals surface area contributed by atoms with Crippen LogP contribution in [0.2, 0.25) is 5.02 Å². The first-order chi connectivity index (χ1) is 13.4. The second kappa shape index (κ2) is 8.19. The lowest BCUT2D eigenvalue weighted by Crippen LogP contribution is -2.00. The van der Waals surface area contributed by atoms with Crippen molar-refractivity contribution in [2.24, 2.45) is 5.10 Å². The van der Waals surface area contributed by atoms with Gasteiger partial charge in [0, 0.05) is 22.6 Å². The first-order valence-electron chi connectivity index (χ1n) is 8.56. The molecular weight excluding hydrogens is 378 g/mol. The number of aryl methyl sites for hydroxylation is 1. The number of methoxy groups -OCH3 is 1. The molecular formula is C21H20ClN3O3. The molecule has 1 heterocycles. The van der Waals surface area contributed by atoms with Crippen molar-refractivity contribution in [2.75, 3.05) is 12.5 Å². The molecule has 0 fully saturated rings. The lowest BCUT2D eigenvalue weighted by molar-refractivity contribution is 0.0697. The highest BCUT2D eigenvalue weighted by atomic mass is 35.5. The van der Waals surface area contributed by atoms with Crippen molar-refractivity contribution in [3.8, 4) is 11.4 Å². The molecule has 0 unspecified atom stereocenters. The maximum absolute atomic E-state index is 11.2. The Morgan fingerprint density at radius 3 is 2.54 bits per heavy atom. The van der Waals surface area contributed by atoms with Crippen LogP contribution in [0.5, 0.6) is 5.75 Å². The van der Waals surface area contributed by atoms with Crippen LogP contribution in [0.3, 0.4) is 0 Å². The summed E-state index contributed by atoms with van der Waals surface area (Å²) in [5, 5.41) is 13.6. The fraction of sp³-hybridized carbons (Fsp3) is 0.143. The summed E-state index contributed by atoms with van der Waals surface area (Å²) in [7, 11) is 1.64. The number of halogens is 1. The van der Waals surface area contributed by atoms with Gasteiger partial charge in [0.15, 0.2) is 0 Å². The summed E-state index contributed by atoms with van der Waals surface area (Å²) in [4.78, 5) is 11.2. The maximum atomic E-state index is 11.2. The number of carboxylic acid groups (broad SMARTS) is 1. The molecule has 0 spiro atoms. The largest absolute Gasteiger partial charge is 0.497 e. The minimum atomic E-state index is -1.08. The van der Waals surface area contributed by atoms with Gasteiger partial charge in [-0.1, -0.05) is 11.6 Å². The van der Waals surface area contributed by atoms with Crippen molar-refractivity contribution in [1.29, 1.82) is 0 Å². The van der Waals surface area contributed by atoms with E-state index in [1.54, 1.807) is 19.4 Å². The van der Waals surface area contributed by atoms with Crippen molar-refractivity contribution < 1.29 is 14.6 Å². The minimum Gasteiger partial charge on any atom is -0.497 e. The van der Waals surface area contributed by atoms with Gasteiger partial charge >= 0.3 is 5.97 Å². The van der Waals surface area contributed by atoms with E-state index in [1.807, 2.05) is 44.2 Å².